The van der Waals surface area contributed by atoms with Gasteiger partial charge >= 0.3 is 5.97 Å². The van der Waals surface area contributed by atoms with Crippen LogP contribution >= 0.6 is 0 Å². The summed E-state index contributed by atoms with van der Waals surface area (Å²) in [7, 11) is 0. The number of hydrogen-bond acceptors (Lipinski definition) is 4. The molecule has 0 saturated heterocycles. The number of rotatable bonds is 0. The summed E-state index contributed by atoms with van der Waals surface area (Å²) in [5, 5.41) is 0. The van der Waals surface area contributed by atoms with Crippen LogP contribution in [0.25, 0.3) is 0 Å². The first-order chi connectivity index (χ1) is 9.24. The maximum absolute atomic E-state index is 12.3. The third-order valence-electron chi connectivity index (χ3n) is 3.95. The highest BCUT2D eigenvalue weighted by Gasteiger charge is 2.31. The summed E-state index contributed by atoms with van der Waals surface area (Å²) in [4.78, 5) is 12.3. The lowest BCUT2D eigenvalue weighted by atomic mass is 9.94. The van der Waals surface area contributed by atoms with Crippen LogP contribution < -0.4 is 5.73 Å². The van der Waals surface area contributed by atoms with Crippen LogP contribution in [0.1, 0.15) is 41.6 Å². The van der Waals surface area contributed by atoms with Gasteiger partial charge in [0.1, 0.15) is 6.10 Å². The fourth-order valence-electron chi connectivity index (χ4n) is 2.93. The van der Waals surface area contributed by atoms with Gasteiger partial charge in [-0.3, -0.25) is 0 Å². The summed E-state index contributed by atoms with van der Waals surface area (Å²) in [6.45, 7) is 0.619. The minimum atomic E-state index is -0.239. The number of fused-ring (bicyclic) bond motifs is 2. The molecule has 102 valence electrons. The van der Waals surface area contributed by atoms with Gasteiger partial charge in [-0.1, -0.05) is 6.42 Å². The van der Waals surface area contributed by atoms with Crippen LogP contribution in [0, 0.1) is 0 Å². The normalized spacial score (nSPS) is 27.3. The number of nitrogens with two attached hydrogens (primary N) is 1. The summed E-state index contributed by atoms with van der Waals surface area (Å²) in [5.41, 5.74) is 8.00. The second-order valence-corrected chi connectivity index (χ2v) is 5.30. The molecule has 0 aromatic heterocycles. The molecule has 2 unspecified atom stereocenters. The largest absolute Gasteiger partial charge is 0.456 e. The van der Waals surface area contributed by atoms with Crippen molar-refractivity contribution in [3.05, 3.63) is 29.3 Å². The van der Waals surface area contributed by atoms with Crippen LogP contribution in [0.15, 0.2) is 18.2 Å². The molecule has 0 spiro atoms. The highest BCUT2D eigenvalue weighted by atomic mass is 16.6. The lowest BCUT2D eigenvalue weighted by Gasteiger charge is -2.30. The monoisotopic (exact) mass is 261 g/mol. The van der Waals surface area contributed by atoms with Gasteiger partial charge in [0.15, 0.2) is 0 Å². The summed E-state index contributed by atoms with van der Waals surface area (Å²) in [6.07, 6.45) is 4.81. The van der Waals surface area contributed by atoms with E-state index in [1.54, 1.807) is 12.1 Å². The van der Waals surface area contributed by atoms with E-state index in [2.05, 4.69) is 0 Å². The number of ether oxygens (including phenoxy) is 2. The minimum Gasteiger partial charge on any atom is -0.456 e. The third-order valence-corrected chi connectivity index (χ3v) is 3.95. The van der Waals surface area contributed by atoms with Crippen molar-refractivity contribution >= 4 is 11.7 Å². The standard InChI is InChI=1S/C15H19NO3/c16-11-5-6-12-10(9-11)7-8-18-13-3-1-2-4-14(13)19-15(12)17/h5-6,9,13-14H,1-4,7-8,16H2. The highest BCUT2D eigenvalue weighted by molar-refractivity contribution is 5.91. The van der Waals surface area contributed by atoms with E-state index in [1.165, 1.54) is 0 Å². The first-order valence-corrected chi connectivity index (χ1v) is 6.95. The van der Waals surface area contributed by atoms with Crippen molar-refractivity contribution in [1.82, 2.24) is 0 Å². The van der Waals surface area contributed by atoms with Crippen LogP contribution in [0.4, 0.5) is 5.69 Å². The second kappa shape index (κ2) is 5.21. The number of carbonyl (C=O) groups is 1. The van der Waals surface area contributed by atoms with Crippen LogP contribution in [0.3, 0.4) is 0 Å². The summed E-state index contributed by atoms with van der Waals surface area (Å²) < 4.78 is 11.5. The molecule has 1 aliphatic heterocycles. The average Bonchev–Trinajstić information content (AvgIpc) is 2.46. The Labute approximate surface area is 112 Å². The van der Waals surface area contributed by atoms with E-state index in [9.17, 15) is 4.79 Å². The second-order valence-electron chi connectivity index (χ2n) is 5.30. The lowest BCUT2D eigenvalue weighted by molar-refractivity contribution is -0.0681. The third kappa shape index (κ3) is 2.59. The van der Waals surface area contributed by atoms with Gasteiger partial charge in [0.05, 0.1) is 18.3 Å². The zero-order valence-corrected chi connectivity index (χ0v) is 10.9. The van der Waals surface area contributed by atoms with Gasteiger partial charge in [-0.2, -0.15) is 0 Å². The Hall–Kier alpha value is -1.55. The Morgan fingerprint density at radius 3 is 2.79 bits per heavy atom. The Morgan fingerprint density at radius 2 is 1.95 bits per heavy atom. The van der Waals surface area contributed by atoms with Crippen LogP contribution in [0.5, 0.6) is 0 Å². The maximum atomic E-state index is 12.3. The van der Waals surface area contributed by atoms with Crippen molar-refractivity contribution in [2.24, 2.45) is 0 Å². The van der Waals surface area contributed by atoms with Crippen molar-refractivity contribution in [3.8, 4) is 0 Å². The maximum Gasteiger partial charge on any atom is 0.338 e. The summed E-state index contributed by atoms with van der Waals surface area (Å²) in [6, 6.07) is 5.35. The molecule has 1 aromatic carbocycles. The van der Waals surface area contributed by atoms with E-state index >= 15 is 0 Å². The fraction of sp³-hybridized carbons (Fsp3) is 0.533. The van der Waals surface area contributed by atoms with Crippen LogP contribution in [-0.4, -0.2) is 24.8 Å². The first kappa shape index (κ1) is 12.5. The molecule has 2 aliphatic rings. The van der Waals surface area contributed by atoms with Crippen LogP contribution in [0.2, 0.25) is 0 Å². The number of carbonyl (C=O) groups excluding carboxylic acids is 1. The molecule has 0 bridgehead atoms. The van der Waals surface area contributed by atoms with E-state index in [0.717, 1.165) is 31.2 Å². The number of hydrogen-bond donors (Lipinski definition) is 1. The molecule has 2 N–H and O–H groups in total. The molecule has 1 saturated carbocycles. The van der Waals surface area contributed by atoms with Gasteiger partial charge in [-0.25, -0.2) is 4.79 Å². The van der Waals surface area contributed by atoms with E-state index < -0.39 is 0 Å². The molecule has 0 radical (unpaired) electrons. The molecular weight excluding hydrogens is 242 g/mol. The molecule has 1 fully saturated rings. The predicted octanol–water partition coefficient (Wildman–Crippen LogP) is 2.31. The van der Waals surface area contributed by atoms with Gasteiger partial charge in [0, 0.05) is 5.69 Å². The van der Waals surface area contributed by atoms with E-state index in [4.69, 9.17) is 15.2 Å². The first-order valence-electron chi connectivity index (χ1n) is 6.95. The van der Waals surface area contributed by atoms with E-state index in [-0.39, 0.29) is 18.2 Å². The molecule has 1 heterocycles. The number of nitrogen functional groups attached to an aromatic ring is 1. The van der Waals surface area contributed by atoms with Gasteiger partial charge in [-0.15, -0.1) is 0 Å². The smallest absolute Gasteiger partial charge is 0.338 e. The summed E-state index contributed by atoms with van der Waals surface area (Å²) in [5.74, 6) is -0.239. The van der Waals surface area contributed by atoms with Crippen LogP contribution in [-0.2, 0) is 15.9 Å². The minimum absolute atomic E-state index is 0.0596. The Kier molecular flexibility index (Phi) is 3.42. The van der Waals surface area contributed by atoms with Gasteiger partial charge in [-0.05, 0) is 49.4 Å². The van der Waals surface area contributed by atoms with Crippen molar-refractivity contribution < 1.29 is 14.3 Å². The molecular formula is C15H19NO3. The zero-order valence-electron chi connectivity index (χ0n) is 10.9. The summed E-state index contributed by atoms with van der Waals surface area (Å²) >= 11 is 0. The molecule has 2 atom stereocenters. The number of anilines is 1. The predicted molar refractivity (Wildman–Crippen MR) is 72.0 cm³/mol. The van der Waals surface area contributed by atoms with Gasteiger partial charge < -0.3 is 15.2 Å². The molecule has 0 amide bonds. The van der Waals surface area contributed by atoms with Gasteiger partial charge in [0.25, 0.3) is 0 Å². The molecule has 1 aromatic rings. The van der Waals surface area contributed by atoms with Crippen molar-refractivity contribution in [1.29, 1.82) is 0 Å². The van der Waals surface area contributed by atoms with Crippen molar-refractivity contribution in [2.45, 2.75) is 44.3 Å². The van der Waals surface area contributed by atoms with Crippen molar-refractivity contribution in [2.75, 3.05) is 12.3 Å². The molecule has 4 heteroatoms. The fourth-order valence-corrected chi connectivity index (χ4v) is 2.93. The topological polar surface area (TPSA) is 61.6 Å². The Bertz CT molecular complexity index is 486. The Morgan fingerprint density at radius 1 is 1.16 bits per heavy atom. The zero-order chi connectivity index (χ0) is 13.2. The van der Waals surface area contributed by atoms with E-state index in [0.29, 0.717) is 24.3 Å². The highest BCUT2D eigenvalue weighted by Crippen LogP contribution is 2.27. The lowest BCUT2D eigenvalue weighted by Crippen LogP contribution is -2.36. The quantitative estimate of drug-likeness (QED) is 0.575. The average molecular weight is 261 g/mol. The molecule has 1 aliphatic carbocycles. The number of esters is 1. The molecule has 3 rings (SSSR count). The molecule has 19 heavy (non-hydrogen) atoms. The van der Waals surface area contributed by atoms with Crippen molar-refractivity contribution in [3.63, 3.8) is 0 Å². The van der Waals surface area contributed by atoms with Gasteiger partial charge in [0.2, 0.25) is 0 Å². The number of benzene rings is 1. The van der Waals surface area contributed by atoms with E-state index in [1.807, 2.05) is 6.07 Å². The molecule has 4 nitrogen and oxygen atoms in total. The SMILES string of the molecule is Nc1ccc2c(c1)CCOC1CCCCC1OC2=O. The Balaban J connectivity index is 1.89.